The fourth-order valence-corrected chi connectivity index (χ4v) is 3.20. The SMILES string of the molecule is COc1ccccc1/C=C1\SC(=Nc2cc(C(=O)[O-])ccc2C)NC1=O. The monoisotopic (exact) mass is 367 g/mol. The highest BCUT2D eigenvalue weighted by molar-refractivity contribution is 8.18. The van der Waals surface area contributed by atoms with Gasteiger partial charge in [0.1, 0.15) is 5.75 Å². The number of nitrogens with one attached hydrogen (secondary N) is 1. The molecule has 0 atom stereocenters. The quantitative estimate of drug-likeness (QED) is 0.837. The third-order valence-electron chi connectivity index (χ3n) is 3.74. The van der Waals surface area contributed by atoms with Crippen molar-refractivity contribution in [2.75, 3.05) is 7.11 Å². The largest absolute Gasteiger partial charge is 0.545 e. The Hall–Kier alpha value is -3.06. The number of carboxylic acid groups (broad SMARTS) is 1. The fourth-order valence-electron chi connectivity index (χ4n) is 2.37. The number of aryl methyl sites for hydroxylation is 1. The first-order chi connectivity index (χ1) is 12.5. The Morgan fingerprint density at radius 3 is 2.77 bits per heavy atom. The molecule has 1 aliphatic heterocycles. The first kappa shape index (κ1) is 17.8. The van der Waals surface area contributed by atoms with E-state index in [0.717, 1.165) is 11.1 Å². The van der Waals surface area contributed by atoms with Gasteiger partial charge in [0.15, 0.2) is 5.17 Å². The van der Waals surface area contributed by atoms with Crippen LogP contribution in [0, 0.1) is 6.92 Å². The molecule has 0 aliphatic carbocycles. The summed E-state index contributed by atoms with van der Waals surface area (Å²) >= 11 is 1.18. The van der Waals surface area contributed by atoms with E-state index in [-0.39, 0.29) is 11.5 Å². The molecule has 2 aromatic rings. The second-order valence-corrected chi connectivity index (χ2v) is 6.54. The lowest BCUT2D eigenvalue weighted by Gasteiger charge is -2.06. The van der Waals surface area contributed by atoms with Gasteiger partial charge in [0, 0.05) is 5.56 Å². The van der Waals surface area contributed by atoms with Gasteiger partial charge in [0.05, 0.1) is 23.7 Å². The smallest absolute Gasteiger partial charge is 0.264 e. The number of amidine groups is 1. The number of methoxy groups -OCH3 is 1. The number of ether oxygens (including phenoxy) is 1. The summed E-state index contributed by atoms with van der Waals surface area (Å²) in [6.45, 7) is 1.81. The maximum absolute atomic E-state index is 12.2. The number of benzene rings is 2. The van der Waals surface area contributed by atoms with Crippen molar-refractivity contribution in [1.29, 1.82) is 0 Å². The number of carbonyl (C=O) groups excluding carboxylic acids is 2. The minimum atomic E-state index is -1.27. The molecule has 1 fully saturated rings. The average molecular weight is 367 g/mol. The Morgan fingerprint density at radius 2 is 2.04 bits per heavy atom. The van der Waals surface area contributed by atoms with Crippen LogP contribution in [0.2, 0.25) is 0 Å². The lowest BCUT2D eigenvalue weighted by atomic mass is 10.1. The molecule has 1 heterocycles. The molecule has 132 valence electrons. The van der Waals surface area contributed by atoms with Gasteiger partial charge in [-0.05, 0) is 48.0 Å². The number of aliphatic imine (C=N–C) groups is 1. The topological polar surface area (TPSA) is 90.8 Å². The van der Waals surface area contributed by atoms with Crippen LogP contribution in [0.4, 0.5) is 5.69 Å². The van der Waals surface area contributed by atoms with Gasteiger partial charge in [-0.3, -0.25) is 4.79 Å². The standard InChI is InChI=1S/C19H16N2O4S/c1-11-7-8-13(18(23)24)9-14(11)20-19-21-17(22)16(26-19)10-12-5-3-4-6-15(12)25-2/h3-10H,1-2H3,(H,23,24)(H,20,21,22)/p-1/b16-10-. The summed E-state index contributed by atoms with van der Waals surface area (Å²) in [5.74, 6) is -0.879. The molecule has 2 aromatic carbocycles. The fraction of sp³-hybridized carbons (Fsp3) is 0.105. The molecule has 0 spiro atoms. The number of para-hydroxylation sites is 1. The van der Waals surface area contributed by atoms with Crippen LogP contribution in [-0.2, 0) is 4.79 Å². The third-order valence-corrected chi connectivity index (χ3v) is 4.65. The zero-order valence-electron chi connectivity index (χ0n) is 14.1. The van der Waals surface area contributed by atoms with Gasteiger partial charge in [0.2, 0.25) is 0 Å². The number of aromatic carboxylic acids is 1. The van der Waals surface area contributed by atoms with Crippen molar-refractivity contribution >= 4 is 40.6 Å². The molecule has 0 aromatic heterocycles. The van der Waals surface area contributed by atoms with Gasteiger partial charge in [-0.25, -0.2) is 4.99 Å². The number of nitrogens with zero attached hydrogens (tertiary/aromatic N) is 1. The lowest BCUT2D eigenvalue weighted by Crippen LogP contribution is -2.22. The van der Waals surface area contributed by atoms with E-state index in [1.807, 2.05) is 31.2 Å². The van der Waals surface area contributed by atoms with Gasteiger partial charge in [-0.1, -0.05) is 30.3 Å². The highest BCUT2D eigenvalue weighted by atomic mass is 32.2. The third kappa shape index (κ3) is 3.78. The predicted molar refractivity (Wildman–Crippen MR) is 99.3 cm³/mol. The minimum absolute atomic E-state index is 0.0362. The van der Waals surface area contributed by atoms with E-state index in [1.165, 1.54) is 23.9 Å². The Balaban J connectivity index is 1.90. The second-order valence-electron chi connectivity index (χ2n) is 5.51. The van der Waals surface area contributed by atoms with Crippen LogP contribution in [0.5, 0.6) is 5.75 Å². The van der Waals surface area contributed by atoms with Crippen molar-refractivity contribution < 1.29 is 19.4 Å². The summed E-state index contributed by atoms with van der Waals surface area (Å²) in [4.78, 5) is 28.1. The summed E-state index contributed by atoms with van der Waals surface area (Å²) in [5, 5.41) is 14.1. The van der Waals surface area contributed by atoms with Gasteiger partial charge in [0.25, 0.3) is 5.91 Å². The molecule has 1 amide bonds. The van der Waals surface area contributed by atoms with E-state index >= 15 is 0 Å². The Labute approximate surface area is 154 Å². The van der Waals surface area contributed by atoms with Gasteiger partial charge < -0.3 is 20.0 Å². The molecule has 0 saturated carbocycles. The van der Waals surface area contributed by atoms with E-state index in [2.05, 4.69) is 10.3 Å². The van der Waals surface area contributed by atoms with Gasteiger partial charge in [-0.15, -0.1) is 0 Å². The molecule has 7 heteroatoms. The van der Waals surface area contributed by atoms with Crippen molar-refractivity contribution in [3.05, 3.63) is 64.1 Å². The Kier molecular flexibility index (Phi) is 5.09. The van der Waals surface area contributed by atoms with E-state index < -0.39 is 5.97 Å². The predicted octanol–water partition coefficient (Wildman–Crippen LogP) is 2.26. The number of hydrogen-bond acceptors (Lipinski definition) is 6. The Morgan fingerprint density at radius 1 is 1.27 bits per heavy atom. The maximum Gasteiger partial charge on any atom is 0.264 e. The molecular weight excluding hydrogens is 352 g/mol. The van der Waals surface area contributed by atoms with E-state index in [4.69, 9.17) is 4.74 Å². The molecule has 0 unspecified atom stereocenters. The molecule has 1 aliphatic rings. The molecule has 6 nitrogen and oxygen atoms in total. The number of thioether (sulfide) groups is 1. The first-order valence-electron chi connectivity index (χ1n) is 7.72. The summed E-state index contributed by atoms with van der Waals surface area (Å²) in [6, 6.07) is 11.9. The molecule has 3 rings (SSSR count). The van der Waals surface area contributed by atoms with Crippen molar-refractivity contribution in [2.45, 2.75) is 6.92 Å². The van der Waals surface area contributed by atoms with Crippen molar-refractivity contribution in [3.8, 4) is 5.75 Å². The van der Waals surface area contributed by atoms with Crippen LogP contribution in [0.1, 0.15) is 21.5 Å². The number of hydrogen-bond donors (Lipinski definition) is 1. The molecule has 1 N–H and O–H groups in total. The van der Waals surface area contributed by atoms with E-state index in [9.17, 15) is 14.7 Å². The average Bonchev–Trinajstić information content (AvgIpc) is 2.96. The summed E-state index contributed by atoms with van der Waals surface area (Å²) in [7, 11) is 1.57. The number of carboxylic acids is 1. The van der Waals surface area contributed by atoms with Gasteiger partial charge >= 0.3 is 0 Å². The number of carbonyl (C=O) groups is 2. The Bertz CT molecular complexity index is 950. The molecule has 0 bridgehead atoms. The zero-order valence-corrected chi connectivity index (χ0v) is 14.9. The van der Waals surface area contributed by atoms with Crippen LogP contribution in [0.15, 0.2) is 52.4 Å². The summed E-state index contributed by atoms with van der Waals surface area (Å²) < 4.78 is 5.29. The zero-order chi connectivity index (χ0) is 18.7. The van der Waals surface area contributed by atoms with E-state index in [0.29, 0.717) is 21.5 Å². The summed E-state index contributed by atoms with van der Waals surface area (Å²) in [6.07, 6.45) is 1.73. The van der Waals surface area contributed by atoms with Crippen LogP contribution >= 0.6 is 11.8 Å². The molecular formula is C19H15N2O4S-. The van der Waals surface area contributed by atoms with Crippen molar-refractivity contribution in [1.82, 2.24) is 5.32 Å². The minimum Gasteiger partial charge on any atom is -0.545 e. The van der Waals surface area contributed by atoms with Crippen LogP contribution in [0.3, 0.4) is 0 Å². The second kappa shape index (κ2) is 7.45. The van der Waals surface area contributed by atoms with E-state index in [1.54, 1.807) is 19.3 Å². The molecule has 1 saturated heterocycles. The van der Waals surface area contributed by atoms with Crippen LogP contribution in [0.25, 0.3) is 6.08 Å². The highest BCUT2D eigenvalue weighted by Gasteiger charge is 2.24. The van der Waals surface area contributed by atoms with Gasteiger partial charge in [-0.2, -0.15) is 0 Å². The number of amides is 1. The first-order valence-corrected chi connectivity index (χ1v) is 8.54. The highest BCUT2D eigenvalue weighted by Crippen LogP contribution is 2.31. The number of rotatable bonds is 4. The molecule has 26 heavy (non-hydrogen) atoms. The maximum atomic E-state index is 12.2. The molecule has 0 radical (unpaired) electrons. The normalized spacial score (nSPS) is 16.8. The lowest BCUT2D eigenvalue weighted by molar-refractivity contribution is -0.255. The van der Waals surface area contributed by atoms with Crippen molar-refractivity contribution in [2.24, 2.45) is 4.99 Å². The van der Waals surface area contributed by atoms with Crippen molar-refractivity contribution in [3.63, 3.8) is 0 Å². The van der Waals surface area contributed by atoms with Crippen LogP contribution < -0.4 is 15.2 Å². The van der Waals surface area contributed by atoms with Crippen LogP contribution in [-0.4, -0.2) is 24.2 Å². The summed E-state index contributed by atoms with van der Waals surface area (Å²) in [5.41, 5.74) is 2.07.